The first-order valence-electron chi connectivity index (χ1n) is 8.24. The maximum atomic E-state index is 13.9. The van der Waals surface area contributed by atoms with Crippen LogP contribution in [0.3, 0.4) is 0 Å². The van der Waals surface area contributed by atoms with Crippen LogP contribution in [-0.2, 0) is 9.59 Å². The Balaban J connectivity index is 2.19. The van der Waals surface area contributed by atoms with Crippen LogP contribution in [0.1, 0.15) is 12.5 Å². The molecule has 0 heterocycles. The van der Waals surface area contributed by atoms with Crippen molar-refractivity contribution in [3.05, 3.63) is 47.8 Å². The van der Waals surface area contributed by atoms with Crippen LogP contribution in [0.5, 0.6) is 17.2 Å². The number of methoxy groups -OCH3 is 3. The topological polar surface area (TPSA) is 85.9 Å². The Morgan fingerprint density at radius 1 is 0.964 bits per heavy atom. The van der Waals surface area contributed by atoms with Crippen molar-refractivity contribution in [2.24, 2.45) is 0 Å². The standard InChI is InChI=1S/C20H21FN2O5/c1-12(24)22-14-6-7-15(21)16(11-14)23-19(25)8-5-13-9-17(26-2)20(28-4)18(10-13)27-3/h5-11H,1-4H3,(H,22,24)(H,23,25). The summed E-state index contributed by atoms with van der Waals surface area (Å²) in [7, 11) is 4.47. The summed E-state index contributed by atoms with van der Waals surface area (Å²) in [6.45, 7) is 1.34. The number of anilines is 2. The molecular formula is C20H21FN2O5. The zero-order valence-corrected chi connectivity index (χ0v) is 16.0. The fourth-order valence-corrected chi connectivity index (χ4v) is 2.45. The van der Waals surface area contributed by atoms with E-state index in [2.05, 4.69) is 10.6 Å². The van der Waals surface area contributed by atoms with E-state index in [0.29, 0.717) is 28.5 Å². The van der Waals surface area contributed by atoms with Gasteiger partial charge in [-0.2, -0.15) is 0 Å². The lowest BCUT2D eigenvalue weighted by atomic mass is 10.1. The average Bonchev–Trinajstić information content (AvgIpc) is 2.67. The minimum atomic E-state index is -0.622. The molecule has 0 atom stereocenters. The highest BCUT2D eigenvalue weighted by molar-refractivity contribution is 6.02. The van der Waals surface area contributed by atoms with Gasteiger partial charge in [0.2, 0.25) is 17.6 Å². The van der Waals surface area contributed by atoms with E-state index in [1.54, 1.807) is 12.1 Å². The second-order valence-electron chi connectivity index (χ2n) is 5.66. The fraction of sp³-hybridized carbons (Fsp3) is 0.200. The molecule has 7 nitrogen and oxygen atoms in total. The van der Waals surface area contributed by atoms with Crippen LogP contribution in [0.15, 0.2) is 36.4 Å². The van der Waals surface area contributed by atoms with Crippen molar-refractivity contribution in [1.29, 1.82) is 0 Å². The molecule has 0 saturated carbocycles. The number of hydrogen-bond donors (Lipinski definition) is 2. The number of carbonyl (C=O) groups excluding carboxylic acids is 2. The molecule has 2 aromatic rings. The van der Waals surface area contributed by atoms with Gasteiger partial charge in [-0.1, -0.05) is 0 Å². The molecule has 0 radical (unpaired) electrons. The molecule has 0 aromatic heterocycles. The van der Waals surface area contributed by atoms with Gasteiger partial charge in [0.25, 0.3) is 0 Å². The summed E-state index contributed by atoms with van der Waals surface area (Å²) in [6.07, 6.45) is 2.76. The minimum absolute atomic E-state index is 0.0502. The quantitative estimate of drug-likeness (QED) is 0.710. The van der Waals surface area contributed by atoms with Gasteiger partial charge in [0.15, 0.2) is 11.5 Å². The van der Waals surface area contributed by atoms with E-state index in [4.69, 9.17) is 14.2 Å². The van der Waals surface area contributed by atoms with E-state index >= 15 is 0 Å². The molecule has 0 unspecified atom stereocenters. The van der Waals surface area contributed by atoms with Gasteiger partial charge >= 0.3 is 0 Å². The molecule has 2 rings (SSSR count). The Kier molecular flexibility index (Phi) is 6.97. The molecule has 0 aliphatic heterocycles. The van der Waals surface area contributed by atoms with E-state index in [1.807, 2.05) is 0 Å². The van der Waals surface area contributed by atoms with Crippen LogP contribution in [0.4, 0.5) is 15.8 Å². The van der Waals surface area contributed by atoms with E-state index in [9.17, 15) is 14.0 Å². The Morgan fingerprint density at radius 3 is 2.14 bits per heavy atom. The highest BCUT2D eigenvalue weighted by Crippen LogP contribution is 2.38. The van der Waals surface area contributed by atoms with Crippen molar-refractivity contribution in [1.82, 2.24) is 0 Å². The minimum Gasteiger partial charge on any atom is -0.493 e. The van der Waals surface area contributed by atoms with Gasteiger partial charge in [0.05, 0.1) is 27.0 Å². The molecule has 0 fully saturated rings. The van der Waals surface area contributed by atoms with Crippen molar-refractivity contribution in [2.75, 3.05) is 32.0 Å². The number of carbonyl (C=O) groups is 2. The largest absolute Gasteiger partial charge is 0.493 e. The van der Waals surface area contributed by atoms with Gasteiger partial charge < -0.3 is 24.8 Å². The van der Waals surface area contributed by atoms with E-state index in [0.717, 1.165) is 6.07 Å². The van der Waals surface area contributed by atoms with E-state index in [1.165, 1.54) is 52.5 Å². The maximum absolute atomic E-state index is 13.9. The predicted molar refractivity (Wildman–Crippen MR) is 104 cm³/mol. The summed E-state index contributed by atoms with van der Waals surface area (Å²) in [5, 5.41) is 4.96. The lowest BCUT2D eigenvalue weighted by Gasteiger charge is -2.12. The summed E-state index contributed by atoms with van der Waals surface area (Å²) in [6, 6.07) is 7.23. The smallest absolute Gasteiger partial charge is 0.248 e. The number of halogens is 1. The number of ether oxygens (including phenoxy) is 3. The highest BCUT2D eigenvalue weighted by atomic mass is 19.1. The fourth-order valence-electron chi connectivity index (χ4n) is 2.45. The molecule has 0 aliphatic rings. The number of amides is 2. The summed E-state index contributed by atoms with van der Waals surface area (Å²) in [5.41, 5.74) is 0.945. The van der Waals surface area contributed by atoms with Crippen LogP contribution in [-0.4, -0.2) is 33.1 Å². The summed E-state index contributed by atoms with van der Waals surface area (Å²) in [4.78, 5) is 23.3. The lowest BCUT2D eigenvalue weighted by molar-refractivity contribution is -0.114. The molecule has 0 saturated heterocycles. The predicted octanol–water partition coefficient (Wildman–Crippen LogP) is 3.46. The molecule has 0 bridgehead atoms. The molecule has 8 heteroatoms. The van der Waals surface area contributed by atoms with Crippen LogP contribution in [0, 0.1) is 5.82 Å². The Morgan fingerprint density at radius 2 is 1.61 bits per heavy atom. The van der Waals surface area contributed by atoms with Crippen LogP contribution < -0.4 is 24.8 Å². The van der Waals surface area contributed by atoms with Crippen molar-refractivity contribution in [3.63, 3.8) is 0 Å². The monoisotopic (exact) mass is 388 g/mol. The lowest BCUT2D eigenvalue weighted by Crippen LogP contribution is -2.11. The zero-order chi connectivity index (χ0) is 20.7. The third-order valence-corrected chi connectivity index (χ3v) is 3.66. The zero-order valence-electron chi connectivity index (χ0n) is 16.0. The number of nitrogens with one attached hydrogen (secondary N) is 2. The van der Waals surface area contributed by atoms with Crippen molar-refractivity contribution in [3.8, 4) is 17.2 Å². The molecule has 148 valence electrons. The van der Waals surface area contributed by atoms with Gasteiger partial charge in [-0.05, 0) is 42.0 Å². The second kappa shape index (κ2) is 9.40. The summed E-state index contributed by atoms with van der Waals surface area (Å²) in [5.74, 6) is -0.155. The van der Waals surface area contributed by atoms with E-state index in [-0.39, 0.29) is 11.6 Å². The number of rotatable bonds is 7. The third kappa shape index (κ3) is 5.23. The Labute approximate surface area is 162 Å². The molecule has 0 spiro atoms. The highest BCUT2D eigenvalue weighted by Gasteiger charge is 2.12. The van der Waals surface area contributed by atoms with Gasteiger partial charge in [0, 0.05) is 18.7 Å². The normalized spacial score (nSPS) is 10.5. The summed E-state index contributed by atoms with van der Waals surface area (Å²) < 4.78 is 29.7. The van der Waals surface area contributed by atoms with Gasteiger partial charge in [-0.15, -0.1) is 0 Å². The van der Waals surface area contributed by atoms with Crippen LogP contribution >= 0.6 is 0 Å². The van der Waals surface area contributed by atoms with E-state index < -0.39 is 11.7 Å². The molecular weight excluding hydrogens is 367 g/mol. The van der Waals surface area contributed by atoms with Crippen molar-refractivity contribution >= 4 is 29.3 Å². The molecule has 0 aliphatic carbocycles. The molecule has 2 N–H and O–H groups in total. The average molecular weight is 388 g/mol. The number of benzene rings is 2. The summed E-state index contributed by atoms with van der Waals surface area (Å²) >= 11 is 0. The van der Waals surface area contributed by atoms with Crippen molar-refractivity contribution < 1.29 is 28.2 Å². The SMILES string of the molecule is COc1cc(C=CC(=O)Nc2cc(NC(C)=O)ccc2F)cc(OC)c1OC. The van der Waals surface area contributed by atoms with Crippen LogP contribution in [0.25, 0.3) is 6.08 Å². The molecule has 28 heavy (non-hydrogen) atoms. The third-order valence-electron chi connectivity index (χ3n) is 3.66. The Hall–Kier alpha value is -3.55. The Bertz CT molecular complexity index is 886. The van der Waals surface area contributed by atoms with Crippen LogP contribution in [0.2, 0.25) is 0 Å². The van der Waals surface area contributed by atoms with Crippen molar-refractivity contribution in [2.45, 2.75) is 6.92 Å². The second-order valence-corrected chi connectivity index (χ2v) is 5.66. The first-order valence-corrected chi connectivity index (χ1v) is 8.24. The molecule has 2 amide bonds. The van der Waals surface area contributed by atoms with Gasteiger partial charge in [-0.25, -0.2) is 4.39 Å². The molecule has 2 aromatic carbocycles. The first kappa shape index (κ1) is 20.8. The first-order chi connectivity index (χ1) is 13.4. The van der Waals surface area contributed by atoms with Gasteiger partial charge in [-0.3, -0.25) is 9.59 Å². The van der Waals surface area contributed by atoms with Gasteiger partial charge in [0.1, 0.15) is 5.82 Å². The maximum Gasteiger partial charge on any atom is 0.248 e. The number of hydrogen-bond acceptors (Lipinski definition) is 5.